The molecule has 0 spiro atoms. The zero-order valence-corrected chi connectivity index (χ0v) is 16.6. The molecule has 0 radical (unpaired) electrons. The fourth-order valence-corrected chi connectivity index (χ4v) is 3.35. The third kappa shape index (κ3) is 3.45. The average Bonchev–Trinajstić information content (AvgIpc) is 2.65. The van der Waals surface area contributed by atoms with Crippen LogP contribution in [0, 0.1) is 0 Å². The highest BCUT2D eigenvalue weighted by molar-refractivity contribution is 6.30. The predicted molar refractivity (Wildman–Crippen MR) is 111 cm³/mol. The van der Waals surface area contributed by atoms with Crippen LogP contribution >= 0.6 is 11.6 Å². The molecule has 0 saturated carbocycles. The highest BCUT2D eigenvalue weighted by Gasteiger charge is 2.27. The lowest BCUT2D eigenvalue weighted by atomic mass is 9.94. The maximum Gasteiger partial charge on any atom is 0.331 e. The summed E-state index contributed by atoms with van der Waals surface area (Å²) in [5.74, 6) is -0.541. The van der Waals surface area contributed by atoms with Crippen LogP contribution in [-0.2, 0) is 12.6 Å². The van der Waals surface area contributed by atoms with Crippen molar-refractivity contribution in [2.24, 2.45) is 7.05 Å². The van der Waals surface area contributed by atoms with E-state index in [9.17, 15) is 14.0 Å². The molecule has 0 atom stereocenters. The van der Waals surface area contributed by atoms with Crippen LogP contribution in [0.15, 0.2) is 70.8 Å². The Morgan fingerprint density at radius 1 is 1.04 bits per heavy atom. The second kappa shape index (κ2) is 7.24. The van der Waals surface area contributed by atoms with Crippen molar-refractivity contribution in [2.45, 2.75) is 19.4 Å². The van der Waals surface area contributed by atoms with Crippen LogP contribution in [0.4, 0.5) is 4.39 Å². The van der Waals surface area contributed by atoms with Crippen molar-refractivity contribution in [3.63, 3.8) is 0 Å². The van der Waals surface area contributed by atoms with Gasteiger partial charge >= 0.3 is 5.69 Å². The maximum atomic E-state index is 13.2. The molecule has 0 aliphatic rings. The molecule has 0 amide bonds. The van der Waals surface area contributed by atoms with Gasteiger partial charge in [-0.3, -0.25) is 13.9 Å². The minimum atomic E-state index is -0.870. The third-order valence-corrected chi connectivity index (χ3v) is 5.18. The van der Waals surface area contributed by atoms with Crippen molar-refractivity contribution in [2.75, 3.05) is 0 Å². The van der Waals surface area contributed by atoms with Crippen molar-refractivity contribution in [3.8, 4) is 11.3 Å². The molecule has 0 aliphatic heterocycles. The highest BCUT2D eigenvalue weighted by atomic mass is 35.5. The van der Waals surface area contributed by atoms with Crippen LogP contribution in [0.2, 0.25) is 5.02 Å². The van der Waals surface area contributed by atoms with E-state index >= 15 is 0 Å². The van der Waals surface area contributed by atoms with E-state index in [1.165, 1.54) is 15.2 Å². The number of nitrogens with zero attached hydrogens (tertiary/aromatic N) is 2. The van der Waals surface area contributed by atoms with E-state index in [1.807, 2.05) is 0 Å². The largest absolute Gasteiger partial charge is 0.331 e. The van der Waals surface area contributed by atoms with Gasteiger partial charge in [-0.25, -0.2) is 9.18 Å². The van der Waals surface area contributed by atoms with E-state index in [0.29, 0.717) is 21.8 Å². The number of hydrogen-bond acceptors (Lipinski definition) is 2. The van der Waals surface area contributed by atoms with Crippen molar-refractivity contribution in [1.29, 1.82) is 0 Å². The van der Waals surface area contributed by atoms with Gasteiger partial charge in [-0.05, 0) is 37.1 Å². The van der Waals surface area contributed by atoms with Gasteiger partial charge in [0, 0.05) is 23.7 Å². The fourth-order valence-electron chi connectivity index (χ4n) is 3.23. The van der Waals surface area contributed by atoms with Crippen molar-refractivity contribution in [3.05, 3.63) is 98.2 Å². The normalized spacial score (nSPS) is 11.5. The summed E-state index contributed by atoms with van der Waals surface area (Å²) in [6, 6.07) is 14.9. The molecule has 3 rings (SSSR count). The molecule has 0 fully saturated rings. The van der Waals surface area contributed by atoms with E-state index in [1.54, 1.807) is 69.4 Å². The molecule has 0 N–H and O–H groups in total. The Balaban J connectivity index is 2.15. The van der Waals surface area contributed by atoms with Crippen LogP contribution in [0.25, 0.3) is 17.1 Å². The van der Waals surface area contributed by atoms with Gasteiger partial charge in [0.1, 0.15) is 5.83 Å². The Bertz CT molecular complexity index is 1160. The van der Waals surface area contributed by atoms with Gasteiger partial charge < -0.3 is 0 Å². The summed E-state index contributed by atoms with van der Waals surface area (Å²) in [5, 5.41) is 0.578. The summed E-state index contributed by atoms with van der Waals surface area (Å²) < 4.78 is 15.9. The first kappa shape index (κ1) is 19.8. The summed E-state index contributed by atoms with van der Waals surface area (Å²) in [6.45, 7) is 6.87. The van der Waals surface area contributed by atoms with Crippen LogP contribution in [0.3, 0.4) is 0 Å². The predicted octanol–water partition coefficient (Wildman–Crippen LogP) is 4.59. The van der Waals surface area contributed by atoms with Crippen LogP contribution < -0.4 is 11.2 Å². The van der Waals surface area contributed by atoms with Gasteiger partial charge in [-0.2, -0.15) is 0 Å². The quantitative estimate of drug-likeness (QED) is 0.645. The number of halogens is 2. The molecule has 4 nitrogen and oxygen atoms in total. The van der Waals surface area contributed by atoms with E-state index in [4.69, 9.17) is 11.6 Å². The van der Waals surface area contributed by atoms with Crippen molar-refractivity contribution >= 4 is 17.4 Å². The van der Waals surface area contributed by atoms with Crippen molar-refractivity contribution < 1.29 is 4.39 Å². The SMILES string of the molecule is C=C(F)c1ccc(-c2cc(=O)n(C(C)(C)c3ccc(Cl)cc3)c(=O)n2C)cc1. The maximum absolute atomic E-state index is 13.2. The molecule has 6 heteroatoms. The number of benzene rings is 2. The van der Waals surface area contributed by atoms with Gasteiger partial charge in [-0.1, -0.05) is 54.6 Å². The Morgan fingerprint density at radius 3 is 2.14 bits per heavy atom. The monoisotopic (exact) mass is 398 g/mol. The molecule has 0 bridgehead atoms. The number of hydrogen-bond donors (Lipinski definition) is 0. The first-order chi connectivity index (χ1) is 13.1. The van der Waals surface area contributed by atoms with Crippen molar-refractivity contribution in [1.82, 2.24) is 9.13 Å². The van der Waals surface area contributed by atoms with E-state index in [-0.39, 0.29) is 0 Å². The molecule has 1 aromatic heterocycles. The average molecular weight is 399 g/mol. The Hall–Kier alpha value is -2.92. The second-order valence-electron chi connectivity index (χ2n) is 7.09. The number of rotatable bonds is 4. The molecular weight excluding hydrogens is 379 g/mol. The van der Waals surface area contributed by atoms with Crippen LogP contribution in [-0.4, -0.2) is 9.13 Å². The highest BCUT2D eigenvalue weighted by Crippen LogP contribution is 2.25. The van der Waals surface area contributed by atoms with Crippen LogP contribution in [0.5, 0.6) is 0 Å². The van der Waals surface area contributed by atoms with Gasteiger partial charge in [0.2, 0.25) is 0 Å². The Morgan fingerprint density at radius 2 is 1.61 bits per heavy atom. The summed E-state index contributed by atoms with van der Waals surface area (Å²) in [4.78, 5) is 26.0. The summed E-state index contributed by atoms with van der Waals surface area (Å²) in [7, 11) is 1.60. The van der Waals surface area contributed by atoms with Crippen LogP contribution in [0.1, 0.15) is 25.0 Å². The number of aromatic nitrogens is 2. The van der Waals surface area contributed by atoms with Gasteiger partial charge in [0.25, 0.3) is 5.56 Å². The third-order valence-electron chi connectivity index (χ3n) is 4.92. The lowest BCUT2D eigenvalue weighted by molar-refractivity contribution is 0.393. The summed E-state index contributed by atoms with van der Waals surface area (Å²) >= 11 is 5.95. The van der Waals surface area contributed by atoms with Gasteiger partial charge in [0.05, 0.1) is 11.2 Å². The Labute approximate surface area is 167 Å². The van der Waals surface area contributed by atoms with Gasteiger partial charge in [-0.15, -0.1) is 0 Å². The van der Waals surface area contributed by atoms with E-state index < -0.39 is 22.6 Å². The molecule has 0 unspecified atom stereocenters. The zero-order chi connectivity index (χ0) is 20.6. The first-order valence-electron chi connectivity index (χ1n) is 8.68. The standard InChI is InChI=1S/C22H20ClFN2O2/c1-14(24)15-5-7-16(8-6-15)19-13-20(27)26(21(28)25(19)4)22(2,3)17-9-11-18(23)12-10-17/h5-13H,1H2,2-4H3. The second-order valence-corrected chi connectivity index (χ2v) is 7.53. The molecule has 0 saturated heterocycles. The summed E-state index contributed by atoms with van der Waals surface area (Å²) in [5.41, 5.74) is 0.497. The lowest BCUT2D eigenvalue weighted by Gasteiger charge is -2.28. The van der Waals surface area contributed by atoms with Gasteiger partial charge in [0.15, 0.2) is 0 Å². The topological polar surface area (TPSA) is 44.0 Å². The minimum Gasteiger partial charge on any atom is -0.296 e. The Kier molecular flexibility index (Phi) is 5.13. The smallest absolute Gasteiger partial charge is 0.296 e. The fraction of sp³-hybridized carbons (Fsp3) is 0.182. The molecular formula is C22H20ClFN2O2. The molecule has 1 heterocycles. The van der Waals surface area contributed by atoms with E-state index in [0.717, 1.165) is 5.56 Å². The molecule has 3 aromatic rings. The minimum absolute atomic E-state index is 0.353. The first-order valence-corrected chi connectivity index (χ1v) is 9.05. The molecule has 144 valence electrons. The molecule has 2 aromatic carbocycles. The zero-order valence-electron chi connectivity index (χ0n) is 15.9. The molecule has 0 aliphatic carbocycles. The van der Waals surface area contributed by atoms with E-state index in [2.05, 4.69) is 6.58 Å². The molecule has 28 heavy (non-hydrogen) atoms. The summed E-state index contributed by atoms with van der Waals surface area (Å²) in [6.07, 6.45) is 0. The lowest BCUT2D eigenvalue weighted by Crippen LogP contribution is -2.49.